The number of benzene rings is 1. The quantitative estimate of drug-likeness (QED) is 0.531. The largest absolute Gasteiger partial charge is 0.381 e. The van der Waals surface area contributed by atoms with Crippen LogP contribution < -0.4 is 15.1 Å². The van der Waals surface area contributed by atoms with Crippen LogP contribution in [-0.2, 0) is 14.3 Å². The molecule has 1 amide bonds. The van der Waals surface area contributed by atoms with Crippen LogP contribution in [0.2, 0.25) is 0 Å². The van der Waals surface area contributed by atoms with Gasteiger partial charge in [0.15, 0.2) is 0 Å². The van der Waals surface area contributed by atoms with Crippen molar-refractivity contribution in [1.29, 1.82) is 0 Å². The van der Waals surface area contributed by atoms with Gasteiger partial charge in [-0.25, -0.2) is 4.99 Å². The van der Waals surface area contributed by atoms with Gasteiger partial charge in [-0.05, 0) is 50.8 Å². The minimum atomic E-state index is -0.00710. The second-order valence-electron chi connectivity index (χ2n) is 8.88. The first-order valence-corrected chi connectivity index (χ1v) is 12.1. The third kappa shape index (κ3) is 5.31. The van der Waals surface area contributed by atoms with Crippen LogP contribution >= 0.6 is 0 Å². The van der Waals surface area contributed by atoms with E-state index in [4.69, 9.17) is 9.47 Å². The highest BCUT2D eigenvalue weighted by atomic mass is 16.5. The normalized spacial score (nSPS) is 24.2. The van der Waals surface area contributed by atoms with E-state index in [1.54, 1.807) is 19.4 Å². The van der Waals surface area contributed by atoms with Crippen LogP contribution in [0.5, 0.6) is 0 Å². The average molecular weight is 453 g/mol. The van der Waals surface area contributed by atoms with Crippen LogP contribution in [-0.4, -0.2) is 58.2 Å². The van der Waals surface area contributed by atoms with Gasteiger partial charge in [-0.15, -0.1) is 0 Å². The van der Waals surface area contributed by atoms with Crippen molar-refractivity contribution in [2.45, 2.75) is 45.1 Å². The van der Waals surface area contributed by atoms with Crippen LogP contribution in [0.25, 0.3) is 0 Å². The van der Waals surface area contributed by atoms with E-state index < -0.39 is 0 Å². The molecule has 1 saturated carbocycles. The molecule has 2 atom stereocenters. The Morgan fingerprint density at radius 2 is 2.06 bits per heavy atom. The van der Waals surface area contributed by atoms with E-state index >= 15 is 0 Å². The summed E-state index contributed by atoms with van der Waals surface area (Å²) in [4.78, 5) is 22.8. The molecule has 33 heavy (non-hydrogen) atoms. The van der Waals surface area contributed by atoms with E-state index in [0.717, 1.165) is 86.9 Å². The Balaban J connectivity index is 1.70. The molecule has 0 spiro atoms. The fourth-order valence-electron chi connectivity index (χ4n) is 4.98. The molecule has 2 aliphatic heterocycles. The summed E-state index contributed by atoms with van der Waals surface area (Å²) < 4.78 is 11.1. The second kappa shape index (κ2) is 11.0. The molecule has 1 N–H and O–H groups in total. The summed E-state index contributed by atoms with van der Waals surface area (Å²) in [5.41, 5.74) is 3.81. The molecule has 1 aromatic carbocycles. The van der Waals surface area contributed by atoms with Crippen LogP contribution in [0, 0.1) is 5.92 Å². The molecule has 1 saturated heterocycles. The monoisotopic (exact) mass is 452 g/mol. The fourth-order valence-corrected chi connectivity index (χ4v) is 4.98. The zero-order chi connectivity index (χ0) is 23.2. The Bertz CT molecular complexity index is 920. The van der Waals surface area contributed by atoms with Gasteiger partial charge in [0.25, 0.3) is 0 Å². The zero-order valence-electron chi connectivity index (χ0n) is 19.9. The number of carbonyl (C=O) groups is 1. The molecule has 0 aromatic heterocycles. The molecular formula is C26H36N4O3. The van der Waals surface area contributed by atoms with E-state index in [1.165, 1.54) is 0 Å². The first-order valence-electron chi connectivity index (χ1n) is 12.1. The number of aliphatic imine (C=N–C) groups is 1. The van der Waals surface area contributed by atoms with Gasteiger partial charge in [-0.1, -0.05) is 19.1 Å². The number of hydrogen-bond acceptors (Lipinski definition) is 6. The lowest BCUT2D eigenvalue weighted by molar-refractivity contribution is -0.122. The highest BCUT2D eigenvalue weighted by Gasteiger charge is 2.32. The molecule has 1 aromatic rings. The smallest absolute Gasteiger partial charge is 0.230 e. The lowest BCUT2D eigenvalue weighted by atomic mass is 9.97. The highest BCUT2D eigenvalue weighted by Crippen LogP contribution is 2.38. The van der Waals surface area contributed by atoms with Crippen LogP contribution in [0.15, 0.2) is 47.2 Å². The summed E-state index contributed by atoms with van der Waals surface area (Å²) in [6.07, 6.45) is 8.53. The molecule has 7 nitrogen and oxygen atoms in total. The molecule has 3 aliphatic rings. The Kier molecular flexibility index (Phi) is 7.83. The van der Waals surface area contributed by atoms with E-state index in [1.807, 2.05) is 11.8 Å². The molecular weight excluding hydrogens is 416 g/mol. The molecule has 178 valence electrons. The Morgan fingerprint density at radius 3 is 2.79 bits per heavy atom. The maximum Gasteiger partial charge on any atom is 0.230 e. The molecule has 2 fully saturated rings. The van der Waals surface area contributed by atoms with E-state index in [-0.39, 0.29) is 17.9 Å². The Morgan fingerprint density at radius 1 is 1.24 bits per heavy atom. The van der Waals surface area contributed by atoms with E-state index in [0.29, 0.717) is 6.54 Å². The number of carbonyl (C=O) groups excluding carboxylic acids is 1. The molecule has 0 radical (unpaired) electrons. The zero-order valence-corrected chi connectivity index (χ0v) is 19.9. The lowest BCUT2D eigenvalue weighted by Crippen LogP contribution is -2.38. The van der Waals surface area contributed by atoms with Crippen LogP contribution in [0.3, 0.4) is 0 Å². The third-order valence-electron chi connectivity index (χ3n) is 6.90. The molecule has 7 heteroatoms. The van der Waals surface area contributed by atoms with Gasteiger partial charge in [0.05, 0.1) is 37.2 Å². The summed E-state index contributed by atoms with van der Waals surface area (Å²) in [5, 5.41) is 3.46. The third-order valence-corrected chi connectivity index (χ3v) is 6.90. The molecule has 2 unspecified atom stereocenters. The van der Waals surface area contributed by atoms with Crippen molar-refractivity contribution in [3.8, 4) is 0 Å². The highest BCUT2D eigenvalue weighted by molar-refractivity contribution is 6.00. The van der Waals surface area contributed by atoms with E-state index in [9.17, 15) is 4.79 Å². The lowest BCUT2D eigenvalue weighted by Gasteiger charge is -2.32. The maximum absolute atomic E-state index is 14.0. The summed E-state index contributed by atoms with van der Waals surface area (Å²) in [6, 6.07) is 6.31. The summed E-state index contributed by atoms with van der Waals surface area (Å²) in [5.74, 6) is 0.908. The van der Waals surface area contributed by atoms with Gasteiger partial charge in [-0.2, -0.15) is 0 Å². The number of nitrogens with zero attached hydrogens (tertiary/aromatic N) is 3. The number of nitrogens with one attached hydrogen (secondary N) is 1. The number of hydrogen-bond donors (Lipinski definition) is 1. The van der Waals surface area contributed by atoms with Crippen molar-refractivity contribution in [2.24, 2.45) is 10.9 Å². The topological polar surface area (TPSA) is 66.4 Å². The van der Waals surface area contributed by atoms with Gasteiger partial charge in [0.2, 0.25) is 5.91 Å². The fraction of sp³-hybridized carbons (Fsp3) is 0.538. The average Bonchev–Trinajstić information content (AvgIpc) is 3.19. The van der Waals surface area contributed by atoms with Gasteiger partial charge < -0.3 is 24.6 Å². The number of morpholine rings is 1. The minimum Gasteiger partial charge on any atom is -0.381 e. The summed E-state index contributed by atoms with van der Waals surface area (Å²) in [7, 11) is 1.77. The van der Waals surface area contributed by atoms with Crippen LogP contribution in [0.1, 0.15) is 39.0 Å². The minimum absolute atomic E-state index is 0.00710. The van der Waals surface area contributed by atoms with Crippen molar-refractivity contribution in [2.75, 3.05) is 55.1 Å². The van der Waals surface area contributed by atoms with Gasteiger partial charge in [-0.3, -0.25) is 4.79 Å². The van der Waals surface area contributed by atoms with Gasteiger partial charge >= 0.3 is 0 Å². The summed E-state index contributed by atoms with van der Waals surface area (Å²) in [6.45, 7) is 9.49. The van der Waals surface area contributed by atoms with Gasteiger partial charge in [0.1, 0.15) is 5.82 Å². The first-order chi connectivity index (χ1) is 16.1. The standard InChI is InChI=1S/C26H36N4O3/c1-4-19-18-30(26(31)20-7-6-8-22(32-3)11-9-20)24-17-21(29-13-15-33-16-14-29)10-12-23(24)28-25(19)27-5-2/h4-5,10,12,17,20,22,28H,1,6-9,11,13-16,18H2,2-3H3/b27-5-. The van der Waals surface area contributed by atoms with E-state index in [2.05, 4.69) is 40.0 Å². The van der Waals surface area contributed by atoms with Gasteiger partial charge in [0, 0.05) is 43.6 Å². The molecule has 4 rings (SSSR count). The predicted octanol–water partition coefficient (Wildman–Crippen LogP) is 4.37. The van der Waals surface area contributed by atoms with Crippen molar-refractivity contribution in [3.63, 3.8) is 0 Å². The number of ether oxygens (including phenoxy) is 2. The summed E-state index contributed by atoms with van der Waals surface area (Å²) >= 11 is 0. The molecule has 2 heterocycles. The first kappa shape index (κ1) is 23.5. The Hall–Kier alpha value is -2.64. The number of fused-ring (bicyclic) bond motifs is 1. The van der Waals surface area contributed by atoms with Crippen molar-refractivity contribution < 1.29 is 14.3 Å². The predicted molar refractivity (Wildman–Crippen MR) is 134 cm³/mol. The Labute approximate surface area is 197 Å². The van der Waals surface area contributed by atoms with Crippen LogP contribution in [0.4, 0.5) is 17.1 Å². The second-order valence-corrected chi connectivity index (χ2v) is 8.88. The molecule has 0 bridgehead atoms. The van der Waals surface area contributed by atoms with Crippen molar-refractivity contribution in [1.82, 2.24) is 0 Å². The number of methoxy groups -OCH3 is 1. The maximum atomic E-state index is 14.0. The number of rotatable bonds is 5. The van der Waals surface area contributed by atoms with Crippen molar-refractivity contribution in [3.05, 3.63) is 42.2 Å². The number of amides is 1. The molecule has 1 aliphatic carbocycles. The number of anilines is 3. The SMILES string of the molecule is C=CC1=C(/N=C\C)Nc2ccc(N3CCOCC3)cc2N(C(=O)C2CCCC(OC)CC2)C1. The van der Waals surface area contributed by atoms with Crippen molar-refractivity contribution >= 4 is 29.2 Å².